The topological polar surface area (TPSA) is 69.3 Å². The lowest BCUT2D eigenvalue weighted by Gasteiger charge is -2.37. The zero-order valence-electron chi connectivity index (χ0n) is 17.8. The number of carbonyl (C=O) groups excluding carboxylic acids is 1. The van der Waals surface area contributed by atoms with Crippen LogP contribution < -0.4 is 24.4 Å². The highest BCUT2D eigenvalue weighted by molar-refractivity contribution is 7.80. The molecule has 1 heterocycles. The summed E-state index contributed by atoms with van der Waals surface area (Å²) in [5, 5.41) is 3.42. The van der Waals surface area contributed by atoms with E-state index in [1.807, 2.05) is 0 Å². The molecule has 10 heteroatoms. The van der Waals surface area contributed by atoms with Gasteiger partial charge in [0.15, 0.2) is 16.6 Å². The van der Waals surface area contributed by atoms with Crippen molar-refractivity contribution in [3.63, 3.8) is 0 Å². The number of anilines is 1. The Bertz CT molecular complexity index is 1040. The molecule has 0 saturated carbocycles. The minimum absolute atomic E-state index is 0.132. The molecule has 0 fully saturated rings. The smallest absolute Gasteiger partial charge is 0.387 e. The van der Waals surface area contributed by atoms with E-state index in [9.17, 15) is 13.6 Å². The first kappa shape index (κ1) is 23.3. The van der Waals surface area contributed by atoms with Crippen LogP contribution in [0.5, 0.6) is 17.2 Å². The Balaban J connectivity index is 2.10. The zero-order chi connectivity index (χ0) is 23.4. The molecule has 2 aromatic carbocycles. The fourth-order valence-electron chi connectivity index (χ4n) is 3.47. The number of rotatable bonds is 7. The van der Waals surface area contributed by atoms with E-state index in [1.165, 1.54) is 26.4 Å². The van der Waals surface area contributed by atoms with Crippen LogP contribution in [0.4, 0.5) is 14.5 Å². The minimum Gasteiger partial charge on any atom is -0.497 e. The van der Waals surface area contributed by atoms with Crippen LogP contribution in [0.15, 0.2) is 53.7 Å². The second-order valence-corrected chi connectivity index (χ2v) is 7.08. The van der Waals surface area contributed by atoms with Crippen LogP contribution in [0.1, 0.15) is 18.5 Å². The molecule has 0 saturated heterocycles. The predicted octanol–water partition coefficient (Wildman–Crippen LogP) is 4.19. The highest BCUT2D eigenvalue weighted by Gasteiger charge is 2.35. The van der Waals surface area contributed by atoms with Crippen LogP contribution in [0.3, 0.4) is 0 Å². The molecular formula is C22H22F2N2O5S. The number of benzene rings is 2. The number of methoxy groups -OCH3 is 3. The van der Waals surface area contributed by atoms with Crippen molar-refractivity contribution in [2.24, 2.45) is 0 Å². The summed E-state index contributed by atoms with van der Waals surface area (Å²) >= 11 is 5.57. The van der Waals surface area contributed by atoms with Gasteiger partial charge in [0.2, 0.25) is 0 Å². The summed E-state index contributed by atoms with van der Waals surface area (Å²) in [6.45, 7) is -1.31. The summed E-state index contributed by atoms with van der Waals surface area (Å²) in [6, 6.07) is 10.9. The molecule has 0 aliphatic carbocycles. The molecule has 1 atom stereocenters. The third-order valence-electron chi connectivity index (χ3n) is 4.96. The highest BCUT2D eigenvalue weighted by Crippen LogP contribution is 2.38. The fraction of sp³-hybridized carbons (Fsp3) is 0.273. The number of ether oxygens (including phenoxy) is 4. The van der Waals surface area contributed by atoms with Crippen molar-refractivity contribution in [1.29, 1.82) is 0 Å². The van der Waals surface area contributed by atoms with Gasteiger partial charge in [0.1, 0.15) is 5.75 Å². The van der Waals surface area contributed by atoms with Crippen LogP contribution in [-0.4, -0.2) is 39.0 Å². The molecule has 0 radical (unpaired) electrons. The Morgan fingerprint density at radius 1 is 1.06 bits per heavy atom. The monoisotopic (exact) mass is 464 g/mol. The van der Waals surface area contributed by atoms with Crippen molar-refractivity contribution in [1.82, 2.24) is 5.32 Å². The Hall–Kier alpha value is -3.40. The molecule has 0 amide bonds. The van der Waals surface area contributed by atoms with Gasteiger partial charge in [-0.05, 0) is 61.1 Å². The number of nitrogens with one attached hydrogen (secondary N) is 1. The van der Waals surface area contributed by atoms with E-state index >= 15 is 0 Å². The molecule has 1 aliphatic rings. The molecular weight excluding hydrogens is 442 g/mol. The van der Waals surface area contributed by atoms with Gasteiger partial charge in [0, 0.05) is 11.4 Å². The van der Waals surface area contributed by atoms with E-state index in [0.717, 1.165) is 0 Å². The van der Waals surface area contributed by atoms with Crippen molar-refractivity contribution in [3.8, 4) is 17.2 Å². The van der Waals surface area contributed by atoms with E-state index in [1.54, 1.807) is 49.3 Å². The molecule has 3 rings (SSSR count). The lowest BCUT2D eigenvalue weighted by atomic mass is 9.94. The number of esters is 1. The maximum atomic E-state index is 12.9. The van der Waals surface area contributed by atoms with Gasteiger partial charge < -0.3 is 24.3 Å². The second kappa shape index (κ2) is 9.82. The Morgan fingerprint density at radius 3 is 2.31 bits per heavy atom. The summed E-state index contributed by atoms with van der Waals surface area (Å²) in [7, 11) is 4.18. The van der Waals surface area contributed by atoms with Gasteiger partial charge in [-0.3, -0.25) is 4.90 Å². The number of allylic oxidation sites excluding steroid dienone is 1. The molecule has 1 unspecified atom stereocenters. The van der Waals surface area contributed by atoms with Gasteiger partial charge in [-0.2, -0.15) is 8.78 Å². The molecule has 0 aromatic heterocycles. The van der Waals surface area contributed by atoms with Crippen LogP contribution in [0.25, 0.3) is 0 Å². The number of halogens is 2. The average Bonchev–Trinajstić information content (AvgIpc) is 2.78. The van der Waals surface area contributed by atoms with Crippen LogP contribution in [0, 0.1) is 0 Å². The summed E-state index contributed by atoms with van der Waals surface area (Å²) in [4.78, 5) is 14.4. The average molecular weight is 464 g/mol. The molecule has 0 bridgehead atoms. The normalized spacial score (nSPS) is 16.0. The van der Waals surface area contributed by atoms with Gasteiger partial charge in [0.05, 0.1) is 32.9 Å². The highest BCUT2D eigenvalue weighted by atomic mass is 32.1. The minimum atomic E-state index is -3.04. The van der Waals surface area contributed by atoms with Crippen molar-refractivity contribution in [2.75, 3.05) is 26.2 Å². The lowest BCUT2D eigenvalue weighted by molar-refractivity contribution is -0.136. The van der Waals surface area contributed by atoms with Gasteiger partial charge in [-0.1, -0.05) is 6.07 Å². The number of thiocarbonyl (C=S) groups is 1. The summed E-state index contributed by atoms with van der Waals surface area (Å²) < 4.78 is 45.6. The first-order valence-corrected chi connectivity index (χ1v) is 9.88. The SMILES string of the molecule is COC(=O)C1=C(C)N(c2ccc(OC)cc2)C(=S)NC1c1ccc(OC)c(OC(F)F)c1. The third-order valence-corrected chi connectivity index (χ3v) is 5.26. The maximum absolute atomic E-state index is 12.9. The molecule has 0 spiro atoms. The van der Waals surface area contributed by atoms with E-state index in [4.69, 9.17) is 26.4 Å². The van der Waals surface area contributed by atoms with Gasteiger partial charge in [-0.15, -0.1) is 0 Å². The fourth-order valence-corrected chi connectivity index (χ4v) is 3.83. The Labute approximate surface area is 189 Å². The van der Waals surface area contributed by atoms with Crippen molar-refractivity contribution < 1.29 is 32.5 Å². The molecule has 32 heavy (non-hydrogen) atoms. The summed E-state index contributed by atoms with van der Waals surface area (Å²) in [5.74, 6) is 0.0510. The number of carbonyl (C=O) groups is 1. The number of alkyl halides is 2. The quantitative estimate of drug-likeness (QED) is 0.483. The first-order valence-electron chi connectivity index (χ1n) is 9.47. The lowest BCUT2D eigenvalue weighted by Crippen LogP contribution is -2.48. The van der Waals surface area contributed by atoms with Gasteiger partial charge >= 0.3 is 12.6 Å². The van der Waals surface area contributed by atoms with Crippen LogP contribution in [-0.2, 0) is 9.53 Å². The molecule has 2 aromatic rings. The summed E-state index contributed by atoms with van der Waals surface area (Å²) in [5.41, 5.74) is 1.98. The van der Waals surface area contributed by atoms with Crippen molar-refractivity contribution in [3.05, 3.63) is 59.3 Å². The van der Waals surface area contributed by atoms with E-state index < -0.39 is 18.6 Å². The van der Waals surface area contributed by atoms with Crippen LogP contribution >= 0.6 is 12.2 Å². The number of nitrogens with zero attached hydrogens (tertiary/aromatic N) is 1. The van der Waals surface area contributed by atoms with Crippen LogP contribution in [0.2, 0.25) is 0 Å². The molecule has 7 nitrogen and oxygen atoms in total. The van der Waals surface area contributed by atoms with E-state index in [-0.39, 0.29) is 17.1 Å². The summed E-state index contributed by atoms with van der Waals surface area (Å²) in [6.07, 6.45) is 0. The number of hydrogen-bond donors (Lipinski definition) is 1. The van der Waals surface area contributed by atoms with E-state index in [0.29, 0.717) is 27.8 Å². The molecule has 1 N–H and O–H groups in total. The van der Waals surface area contributed by atoms with Crippen molar-refractivity contribution in [2.45, 2.75) is 19.6 Å². The predicted molar refractivity (Wildman–Crippen MR) is 118 cm³/mol. The van der Waals surface area contributed by atoms with E-state index in [2.05, 4.69) is 10.1 Å². The largest absolute Gasteiger partial charge is 0.497 e. The maximum Gasteiger partial charge on any atom is 0.387 e. The van der Waals surface area contributed by atoms with Gasteiger partial charge in [0.25, 0.3) is 0 Å². The van der Waals surface area contributed by atoms with Crippen molar-refractivity contribution >= 4 is 29.0 Å². The zero-order valence-corrected chi connectivity index (χ0v) is 18.7. The number of hydrogen-bond acceptors (Lipinski definition) is 6. The first-order chi connectivity index (χ1) is 15.3. The Kier molecular flexibility index (Phi) is 7.14. The standard InChI is InChI=1S/C22H22F2N2O5S/c1-12-18(20(27)30-4)19(13-5-10-16(29-3)17(11-13)31-21(23)24)25-22(32)26(12)14-6-8-15(28-2)9-7-14/h5-11,19,21H,1-4H3,(H,25,32). The Morgan fingerprint density at radius 2 is 1.75 bits per heavy atom. The second-order valence-electron chi connectivity index (χ2n) is 6.70. The van der Waals surface area contributed by atoms with Gasteiger partial charge in [-0.25, -0.2) is 4.79 Å². The molecule has 170 valence electrons. The molecule has 1 aliphatic heterocycles. The third kappa shape index (κ3) is 4.59.